The molecule has 2 aromatic heterocycles. The Morgan fingerprint density at radius 1 is 1.06 bits per heavy atom. The van der Waals surface area contributed by atoms with Gasteiger partial charge in [-0.3, -0.25) is 9.48 Å². The third-order valence-corrected chi connectivity index (χ3v) is 5.93. The fraction of sp³-hybridized carbons (Fsp3) is 0.0952. The molecule has 2 heterocycles. The highest BCUT2D eigenvalue weighted by Crippen LogP contribution is 2.28. The van der Waals surface area contributed by atoms with Crippen molar-refractivity contribution in [2.45, 2.75) is 13.3 Å². The summed E-state index contributed by atoms with van der Waals surface area (Å²) in [7, 11) is 0. The van der Waals surface area contributed by atoms with Crippen LogP contribution in [0.1, 0.15) is 16.1 Å². The van der Waals surface area contributed by atoms with Gasteiger partial charge < -0.3 is 10.1 Å². The molecule has 0 saturated carbocycles. The molecule has 0 unspecified atom stereocenters. The molecule has 0 aliphatic carbocycles. The molecule has 0 fully saturated rings. The maximum Gasteiger partial charge on any atom is 0.276 e. The smallest absolute Gasteiger partial charge is 0.276 e. The predicted molar refractivity (Wildman–Crippen MR) is 128 cm³/mol. The number of nitrogens with zero attached hydrogens (tertiary/aromatic N) is 4. The van der Waals surface area contributed by atoms with Gasteiger partial charge in [-0.25, -0.2) is 4.68 Å². The third kappa shape index (κ3) is 5.63. The molecule has 164 valence electrons. The first-order valence-corrected chi connectivity index (χ1v) is 11.2. The van der Waals surface area contributed by atoms with Gasteiger partial charge in [-0.1, -0.05) is 40.9 Å². The molecule has 0 bridgehead atoms. The van der Waals surface area contributed by atoms with E-state index in [0.29, 0.717) is 33.0 Å². The first-order chi connectivity index (χ1) is 15.4. The van der Waals surface area contributed by atoms with Gasteiger partial charge in [0.05, 0.1) is 32.9 Å². The number of hydrogen-bond donors (Lipinski definition) is 1. The van der Waals surface area contributed by atoms with Crippen LogP contribution in [0, 0.1) is 0 Å². The van der Waals surface area contributed by atoms with E-state index >= 15 is 0 Å². The van der Waals surface area contributed by atoms with Crippen molar-refractivity contribution in [2.24, 2.45) is 0 Å². The van der Waals surface area contributed by atoms with Gasteiger partial charge in [0.2, 0.25) is 0 Å². The monoisotopic (exact) mass is 553 g/mol. The Bertz CT molecular complexity index is 1270. The van der Waals surface area contributed by atoms with E-state index < -0.39 is 0 Å². The highest BCUT2D eigenvalue weighted by Gasteiger charge is 2.12. The molecule has 1 amide bonds. The fourth-order valence-corrected chi connectivity index (χ4v) is 3.94. The van der Waals surface area contributed by atoms with E-state index in [2.05, 4.69) is 31.4 Å². The van der Waals surface area contributed by atoms with Crippen molar-refractivity contribution in [3.8, 4) is 5.75 Å². The van der Waals surface area contributed by atoms with Crippen molar-refractivity contribution in [2.75, 3.05) is 5.32 Å². The zero-order valence-electron chi connectivity index (χ0n) is 16.3. The van der Waals surface area contributed by atoms with Crippen molar-refractivity contribution in [1.29, 1.82) is 0 Å². The number of aromatic nitrogens is 4. The first kappa shape index (κ1) is 22.7. The molecule has 0 radical (unpaired) electrons. The van der Waals surface area contributed by atoms with Crippen molar-refractivity contribution < 1.29 is 9.53 Å². The van der Waals surface area contributed by atoms with E-state index in [4.69, 9.17) is 39.5 Å². The molecule has 32 heavy (non-hydrogen) atoms. The van der Waals surface area contributed by atoms with Gasteiger partial charge >= 0.3 is 0 Å². The minimum atomic E-state index is -0.356. The van der Waals surface area contributed by atoms with Crippen molar-refractivity contribution in [3.63, 3.8) is 0 Å². The number of rotatable bonds is 7. The van der Waals surface area contributed by atoms with E-state index in [-0.39, 0.29) is 18.3 Å². The molecule has 7 nitrogen and oxygen atoms in total. The summed E-state index contributed by atoms with van der Waals surface area (Å²) in [4.78, 5) is 12.5. The number of nitrogens with one attached hydrogen (secondary N) is 1. The Morgan fingerprint density at radius 2 is 1.91 bits per heavy atom. The van der Waals surface area contributed by atoms with Crippen molar-refractivity contribution in [1.82, 2.24) is 19.6 Å². The van der Waals surface area contributed by atoms with E-state index in [9.17, 15) is 4.79 Å². The van der Waals surface area contributed by atoms with Crippen LogP contribution in [-0.4, -0.2) is 25.5 Å². The fourth-order valence-electron chi connectivity index (χ4n) is 2.82. The average Bonchev–Trinajstić information content (AvgIpc) is 3.40. The summed E-state index contributed by atoms with van der Waals surface area (Å²) in [5.41, 5.74) is 1.73. The van der Waals surface area contributed by atoms with Crippen LogP contribution in [0.2, 0.25) is 15.1 Å². The summed E-state index contributed by atoms with van der Waals surface area (Å²) in [5, 5.41) is 12.9. The number of anilines is 1. The van der Waals surface area contributed by atoms with Gasteiger partial charge in [0, 0.05) is 17.4 Å². The van der Waals surface area contributed by atoms with Gasteiger partial charge in [-0.05, 0) is 57.9 Å². The standard InChI is InChI=1S/C21H15BrCl3N5O2/c22-16-8-14(23)2-4-20(16)32-12-29-6-5-19(28-29)21(31)27-15-9-26-30(11-15)10-13-1-3-17(24)18(25)7-13/h1-9,11H,10,12H2,(H,27,31). The Kier molecular flexibility index (Phi) is 7.05. The van der Waals surface area contributed by atoms with Crippen LogP contribution >= 0.6 is 50.7 Å². The molecule has 0 atom stereocenters. The predicted octanol–water partition coefficient (Wildman–Crippen LogP) is 6.14. The van der Waals surface area contributed by atoms with Gasteiger partial charge in [0.15, 0.2) is 12.4 Å². The van der Waals surface area contributed by atoms with Gasteiger partial charge in [-0.15, -0.1) is 0 Å². The van der Waals surface area contributed by atoms with Crippen LogP contribution in [0.15, 0.2) is 65.5 Å². The van der Waals surface area contributed by atoms with Crippen LogP contribution in [-0.2, 0) is 13.3 Å². The number of hydrogen-bond acceptors (Lipinski definition) is 4. The number of ether oxygens (including phenoxy) is 1. The van der Waals surface area contributed by atoms with E-state index in [0.717, 1.165) is 10.0 Å². The molecule has 2 aromatic carbocycles. The van der Waals surface area contributed by atoms with Gasteiger partial charge in [0.25, 0.3) is 5.91 Å². The zero-order valence-corrected chi connectivity index (χ0v) is 20.2. The van der Waals surface area contributed by atoms with Gasteiger partial charge in [0.1, 0.15) is 5.75 Å². The molecule has 0 aliphatic heterocycles. The Hall–Kier alpha value is -2.52. The van der Waals surface area contributed by atoms with Crippen LogP contribution in [0.25, 0.3) is 0 Å². The van der Waals surface area contributed by atoms with E-state index in [1.54, 1.807) is 59.7 Å². The van der Waals surface area contributed by atoms with Crippen LogP contribution in [0.5, 0.6) is 5.75 Å². The summed E-state index contributed by atoms with van der Waals surface area (Å²) >= 11 is 21.3. The van der Waals surface area contributed by atoms with Crippen molar-refractivity contribution >= 4 is 62.3 Å². The Labute approximate surface area is 207 Å². The first-order valence-electron chi connectivity index (χ1n) is 9.26. The average molecular weight is 556 g/mol. The third-order valence-electron chi connectivity index (χ3n) is 4.34. The maximum atomic E-state index is 12.5. The van der Waals surface area contributed by atoms with E-state index in [1.807, 2.05) is 6.07 Å². The minimum Gasteiger partial charge on any atom is -0.470 e. The van der Waals surface area contributed by atoms with Crippen LogP contribution in [0.3, 0.4) is 0 Å². The molecule has 4 aromatic rings. The van der Waals surface area contributed by atoms with Crippen molar-refractivity contribution in [3.05, 3.63) is 91.9 Å². The Balaban J connectivity index is 1.34. The lowest BCUT2D eigenvalue weighted by atomic mass is 10.2. The lowest BCUT2D eigenvalue weighted by Crippen LogP contribution is -2.14. The molecule has 0 aliphatic rings. The largest absolute Gasteiger partial charge is 0.470 e. The SMILES string of the molecule is O=C(Nc1cnn(Cc2ccc(Cl)c(Cl)c2)c1)c1ccn(COc2ccc(Cl)cc2Br)n1. The lowest BCUT2D eigenvalue weighted by Gasteiger charge is -2.08. The highest BCUT2D eigenvalue weighted by atomic mass is 79.9. The van der Waals surface area contributed by atoms with Gasteiger partial charge in [-0.2, -0.15) is 10.2 Å². The maximum absolute atomic E-state index is 12.5. The number of carbonyl (C=O) groups is 1. The molecule has 1 N–H and O–H groups in total. The zero-order chi connectivity index (χ0) is 22.7. The molecule has 4 rings (SSSR count). The number of benzene rings is 2. The van der Waals surface area contributed by atoms with Crippen LogP contribution < -0.4 is 10.1 Å². The summed E-state index contributed by atoms with van der Waals surface area (Å²) in [6.07, 6.45) is 4.94. The second kappa shape index (κ2) is 9.95. The second-order valence-electron chi connectivity index (χ2n) is 6.72. The normalized spacial score (nSPS) is 10.9. The molecular weight excluding hydrogens is 541 g/mol. The summed E-state index contributed by atoms with van der Waals surface area (Å²) < 4.78 is 9.63. The number of carbonyl (C=O) groups excluding carboxylic acids is 1. The molecular formula is C21H15BrCl3N5O2. The lowest BCUT2D eigenvalue weighted by molar-refractivity contribution is 0.102. The minimum absolute atomic E-state index is 0.134. The van der Waals surface area contributed by atoms with E-state index in [1.165, 1.54) is 4.68 Å². The topological polar surface area (TPSA) is 74.0 Å². The molecule has 0 saturated heterocycles. The number of amides is 1. The van der Waals surface area contributed by atoms with Crippen LogP contribution in [0.4, 0.5) is 5.69 Å². The molecule has 0 spiro atoms. The number of halogens is 4. The molecule has 11 heteroatoms. The summed E-state index contributed by atoms with van der Waals surface area (Å²) in [5.74, 6) is 0.260. The Morgan fingerprint density at radius 3 is 2.69 bits per heavy atom. The quantitative estimate of drug-likeness (QED) is 0.297. The second-order valence-corrected chi connectivity index (χ2v) is 8.82. The highest BCUT2D eigenvalue weighted by molar-refractivity contribution is 9.10. The summed E-state index contributed by atoms with van der Waals surface area (Å²) in [6, 6.07) is 12.2. The summed E-state index contributed by atoms with van der Waals surface area (Å²) in [6.45, 7) is 0.619.